The summed E-state index contributed by atoms with van der Waals surface area (Å²) in [6.07, 6.45) is 14.0. The zero-order valence-corrected chi connectivity index (χ0v) is 35.8. The minimum atomic E-state index is -0.289. The highest BCUT2D eigenvalue weighted by Gasteiger charge is 2.30. The van der Waals surface area contributed by atoms with Crippen LogP contribution in [0.2, 0.25) is 0 Å². The Hall–Kier alpha value is -5.26. The predicted octanol–water partition coefficient (Wildman–Crippen LogP) is 9.57. The first-order valence-corrected chi connectivity index (χ1v) is 20.6. The Morgan fingerprint density at radius 1 is 0.707 bits per heavy atom. The van der Waals surface area contributed by atoms with Gasteiger partial charge in [0, 0.05) is 29.3 Å². The summed E-state index contributed by atoms with van der Waals surface area (Å²) in [6, 6.07) is 16.9. The summed E-state index contributed by atoms with van der Waals surface area (Å²) in [7, 11) is 0. The smallest absolute Gasteiger partial charge is 0.407 e. The van der Waals surface area contributed by atoms with E-state index < -0.39 is 0 Å². The van der Waals surface area contributed by atoms with Crippen LogP contribution in [-0.4, -0.2) is 75.9 Å². The molecule has 2 aliphatic carbocycles. The number of hydrogen-bond donors (Lipinski definition) is 2. The van der Waals surface area contributed by atoms with Crippen LogP contribution in [0.5, 0.6) is 0 Å². The fourth-order valence-corrected chi connectivity index (χ4v) is 6.90. The normalized spacial score (nSPS) is 19.7. The van der Waals surface area contributed by atoms with Crippen LogP contribution < -0.4 is 10.6 Å². The summed E-state index contributed by atoms with van der Waals surface area (Å²) >= 11 is 0. The molecule has 0 saturated heterocycles. The first-order chi connectivity index (χ1) is 28.3. The Morgan fingerprint density at radius 2 is 1.22 bits per heavy atom. The Balaban J connectivity index is 0.000000246. The maximum Gasteiger partial charge on any atom is 0.407 e. The van der Waals surface area contributed by atoms with Crippen molar-refractivity contribution >= 4 is 24.7 Å². The van der Waals surface area contributed by atoms with Gasteiger partial charge in [0.1, 0.15) is 20.3 Å². The van der Waals surface area contributed by atoms with Gasteiger partial charge in [0.15, 0.2) is 5.82 Å². The zero-order chi connectivity index (χ0) is 43.2. The first kappa shape index (κ1) is 45.4. The largest absolute Gasteiger partial charge is 0.446 e. The highest BCUT2D eigenvalue weighted by Crippen LogP contribution is 2.36. The lowest BCUT2D eigenvalue weighted by molar-refractivity contribution is -0.0980. The van der Waals surface area contributed by atoms with E-state index in [4.69, 9.17) is 20.6 Å². The van der Waals surface area contributed by atoms with Crippen LogP contribution in [-0.2, 0) is 14.3 Å². The average molecular weight is 798 g/mol. The molecule has 2 amide bonds. The molecule has 3 aliphatic rings. The number of rotatable bonds is 6. The standard InChI is InChI=1S/C23H32N2O2.C12H21NO2.C10H10N4.CH2O/c1-15(2)25-23(26)27-19-6-5-7-21-20(13-12-19)17(4)14-24-22(21)18-10-8-16(3)9-11-18;1-10(2)13-12(14)15-11-8-6-4-3-5-7-9-11;1-7-3-5-9(6-4-7)10-13-11-8(2)12-14-10;1-2/h8-11,15,19,21H,5-7,12-14H2,1-4H3,(H,25,26);3-4,10-11H,5-9H2,1-2H3,(H,13,14);3-6H,1-2H3;1H2/b;4-3+;;/i;;;1T. The highest BCUT2D eigenvalue weighted by atomic mass is 16.6. The third kappa shape index (κ3) is 16.7. The lowest BCUT2D eigenvalue weighted by Gasteiger charge is -2.32. The minimum absolute atomic E-state index is 0. The molecule has 2 aromatic carbocycles. The number of amides is 2. The van der Waals surface area contributed by atoms with Gasteiger partial charge in [-0.15, -0.1) is 20.4 Å². The van der Waals surface area contributed by atoms with Gasteiger partial charge in [-0.2, -0.15) is 0 Å². The van der Waals surface area contributed by atoms with E-state index in [1.807, 2.05) is 58.9 Å². The Bertz CT molecular complexity index is 1780. The van der Waals surface area contributed by atoms with Crippen molar-refractivity contribution in [1.29, 1.82) is 0 Å². The minimum Gasteiger partial charge on any atom is -0.446 e. The topological polar surface area (TPSA) is 158 Å². The number of aryl methyl sites for hydroxylation is 3. The molecule has 0 spiro atoms. The molecule has 1 aromatic heterocycles. The Kier molecular flexibility index (Phi) is 19.7. The van der Waals surface area contributed by atoms with Crippen LogP contribution in [0.4, 0.5) is 9.59 Å². The number of benzene rings is 2. The predicted molar refractivity (Wildman–Crippen MR) is 231 cm³/mol. The lowest BCUT2D eigenvalue weighted by Crippen LogP contribution is -2.34. The van der Waals surface area contributed by atoms with Crippen LogP contribution in [0.1, 0.15) is 123 Å². The number of nitrogens with zero attached hydrogens (tertiary/aromatic N) is 5. The number of aromatic nitrogens is 4. The van der Waals surface area contributed by atoms with Crippen molar-refractivity contribution in [3.05, 3.63) is 94.3 Å². The molecule has 6 rings (SSSR count). The van der Waals surface area contributed by atoms with E-state index in [1.54, 1.807) is 6.92 Å². The van der Waals surface area contributed by atoms with Gasteiger partial charge in [0.05, 0.1) is 6.54 Å². The van der Waals surface area contributed by atoms with Crippen LogP contribution in [0.15, 0.2) is 76.8 Å². The van der Waals surface area contributed by atoms with Gasteiger partial charge in [0.2, 0.25) is 5.82 Å². The maximum atomic E-state index is 12.0. The molecule has 58 heavy (non-hydrogen) atoms. The summed E-state index contributed by atoms with van der Waals surface area (Å²) in [5.41, 5.74) is 8.82. The van der Waals surface area contributed by atoms with Crippen molar-refractivity contribution in [1.82, 2.24) is 31.0 Å². The van der Waals surface area contributed by atoms with Crippen molar-refractivity contribution < 1.29 is 25.2 Å². The van der Waals surface area contributed by atoms with Crippen LogP contribution in [0.25, 0.3) is 11.4 Å². The third-order valence-electron chi connectivity index (χ3n) is 9.86. The molecule has 0 bridgehead atoms. The van der Waals surface area contributed by atoms with E-state index in [-0.39, 0.29) is 43.2 Å². The number of hydrogen-bond acceptors (Lipinski definition) is 10. The fraction of sp³-hybridized carbons (Fsp3) is 0.522. The van der Waals surface area contributed by atoms with Crippen molar-refractivity contribution in [2.24, 2.45) is 10.9 Å². The molecule has 314 valence electrons. The molecule has 1 fully saturated rings. The molecule has 3 unspecified atom stereocenters. The second kappa shape index (κ2) is 25.2. The molecular weight excluding hydrogens is 731 g/mol. The van der Waals surface area contributed by atoms with Crippen molar-refractivity contribution in [3.8, 4) is 11.4 Å². The number of fused-ring (bicyclic) bond motifs is 1. The first-order valence-electron chi connectivity index (χ1n) is 21.2. The average Bonchev–Trinajstić information content (AvgIpc) is 3.16. The molecule has 3 atom stereocenters. The van der Waals surface area contributed by atoms with Gasteiger partial charge in [0.25, 0.3) is 0 Å². The van der Waals surface area contributed by atoms with Gasteiger partial charge in [-0.3, -0.25) is 4.99 Å². The number of aliphatic imine (C=N–C) groups is 1. The fourth-order valence-electron chi connectivity index (χ4n) is 6.90. The van der Waals surface area contributed by atoms with E-state index in [1.165, 1.54) is 33.5 Å². The van der Waals surface area contributed by atoms with Gasteiger partial charge in [-0.1, -0.05) is 83.0 Å². The number of alkyl carbamates (subject to hydrolysis) is 2. The number of ether oxygens (including phenoxy) is 2. The molecule has 3 aromatic rings. The van der Waals surface area contributed by atoms with Crippen molar-refractivity contribution in [2.75, 3.05) is 6.54 Å². The molecule has 12 nitrogen and oxygen atoms in total. The van der Waals surface area contributed by atoms with Crippen LogP contribution >= 0.6 is 0 Å². The van der Waals surface area contributed by atoms with Gasteiger partial charge in [-0.25, -0.2) is 9.59 Å². The Morgan fingerprint density at radius 3 is 1.79 bits per heavy atom. The van der Waals surface area contributed by atoms with Gasteiger partial charge in [-0.05, 0) is 125 Å². The summed E-state index contributed by atoms with van der Waals surface area (Å²) < 4.78 is 16.6. The summed E-state index contributed by atoms with van der Waals surface area (Å²) in [5, 5.41) is 21.2. The second-order valence-corrected chi connectivity index (χ2v) is 15.7. The number of dihydropyridines is 1. The zero-order valence-electron chi connectivity index (χ0n) is 36.8. The lowest BCUT2D eigenvalue weighted by atomic mass is 9.77. The van der Waals surface area contributed by atoms with E-state index in [0.29, 0.717) is 17.6 Å². The van der Waals surface area contributed by atoms with Crippen molar-refractivity contribution in [3.63, 3.8) is 0 Å². The van der Waals surface area contributed by atoms with E-state index in [0.717, 1.165) is 76.3 Å². The second-order valence-electron chi connectivity index (χ2n) is 15.7. The molecule has 0 radical (unpaired) electrons. The van der Waals surface area contributed by atoms with Gasteiger partial charge >= 0.3 is 12.2 Å². The highest BCUT2D eigenvalue weighted by molar-refractivity contribution is 6.04. The number of allylic oxidation sites excluding steroid dienone is 3. The summed E-state index contributed by atoms with van der Waals surface area (Å²) in [5.74, 6) is 1.56. The molecule has 1 aliphatic heterocycles. The van der Waals surface area contributed by atoms with E-state index in [2.05, 4.69) is 81.3 Å². The van der Waals surface area contributed by atoms with Crippen LogP contribution in [0, 0.1) is 26.7 Å². The quantitative estimate of drug-likeness (QED) is 0.232. The van der Waals surface area contributed by atoms with Gasteiger partial charge < -0.3 is 24.9 Å². The van der Waals surface area contributed by atoms with Crippen molar-refractivity contribution in [2.45, 2.75) is 144 Å². The molecule has 2 heterocycles. The molecule has 2 N–H and O–H groups in total. The maximum absolute atomic E-state index is 12.0. The Labute approximate surface area is 347 Å². The summed E-state index contributed by atoms with van der Waals surface area (Å²) in [6.45, 7) is 16.7. The summed E-state index contributed by atoms with van der Waals surface area (Å²) in [4.78, 5) is 36.7. The van der Waals surface area contributed by atoms with Crippen LogP contribution in [0.3, 0.4) is 0 Å². The number of carbonyl (C=O) groups is 3. The monoisotopic (exact) mass is 798 g/mol. The van der Waals surface area contributed by atoms with E-state index >= 15 is 0 Å². The SMILES string of the molecule is CC(C)NC(=O)OC1CC/C=C/CCC1.CC1=C2CCC(OC(=O)NC(C)C)CCCC2C(c2ccc(C)cc2)=NC1.Cc1ccc(-c2nnc(C)nn2)cc1.[3H]C=O. The molecule has 1 saturated carbocycles. The molecular formula is C46H65N7O5. The molecule has 12 heteroatoms. The van der Waals surface area contributed by atoms with E-state index in [9.17, 15) is 9.59 Å². The number of carbonyl (C=O) groups excluding carboxylic acids is 3. The number of nitrogens with one attached hydrogen (secondary N) is 2. The third-order valence-corrected chi connectivity index (χ3v) is 9.86.